The summed E-state index contributed by atoms with van der Waals surface area (Å²) in [5, 5.41) is 10.5. The van der Waals surface area contributed by atoms with Crippen molar-refractivity contribution in [3.8, 4) is 21.9 Å². The largest absolute Gasteiger partial charge is 0.504 e. The van der Waals surface area contributed by atoms with Gasteiger partial charge in [0.1, 0.15) is 12.4 Å². The highest BCUT2D eigenvalue weighted by molar-refractivity contribution is 7.15. The minimum Gasteiger partial charge on any atom is -0.504 e. The molecular formula is C21H23N3O2S. The van der Waals surface area contributed by atoms with E-state index in [-0.39, 0.29) is 5.75 Å². The van der Waals surface area contributed by atoms with Gasteiger partial charge in [0.2, 0.25) is 0 Å². The summed E-state index contributed by atoms with van der Waals surface area (Å²) in [4.78, 5) is 13.5. The molecule has 1 aliphatic heterocycles. The fraction of sp³-hybridized carbons (Fsp3) is 0.333. The molecule has 0 saturated carbocycles. The van der Waals surface area contributed by atoms with E-state index in [0.717, 1.165) is 53.4 Å². The molecule has 27 heavy (non-hydrogen) atoms. The Balaban J connectivity index is 1.59. The van der Waals surface area contributed by atoms with Crippen molar-refractivity contribution in [2.75, 3.05) is 13.2 Å². The maximum Gasteiger partial charge on any atom is 0.165 e. The average molecular weight is 382 g/mol. The molecule has 0 unspecified atom stereocenters. The minimum absolute atomic E-state index is 0.214. The molecule has 0 spiro atoms. The van der Waals surface area contributed by atoms with Crippen LogP contribution in [0.4, 0.5) is 0 Å². The fourth-order valence-corrected chi connectivity index (χ4v) is 4.18. The van der Waals surface area contributed by atoms with Crippen molar-refractivity contribution < 1.29 is 9.84 Å². The summed E-state index contributed by atoms with van der Waals surface area (Å²) in [6.45, 7) is 6.96. The van der Waals surface area contributed by atoms with Crippen molar-refractivity contribution in [1.29, 1.82) is 0 Å². The number of nitrogens with zero attached hydrogens (tertiary/aromatic N) is 3. The molecule has 3 aromatic rings. The molecular weight excluding hydrogens is 358 g/mol. The van der Waals surface area contributed by atoms with E-state index < -0.39 is 0 Å². The van der Waals surface area contributed by atoms with E-state index in [2.05, 4.69) is 46.9 Å². The molecule has 0 amide bonds. The van der Waals surface area contributed by atoms with Crippen LogP contribution in [0.5, 0.6) is 11.5 Å². The topological polar surface area (TPSA) is 58.5 Å². The van der Waals surface area contributed by atoms with Crippen LogP contribution < -0.4 is 4.74 Å². The number of rotatable bonds is 4. The third kappa shape index (κ3) is 3.96. The van der Waals surface area contributed by atoms with Gasteiger partial charge in [0.05, 0.1) is 0 Å². The predicted molar refractivity (Wildman–Crippen MR) is 107 cm³/mol. The van der Waals surface area contributed by atoms with Crippen molar-refractivity contribution in [3.63, 3.8) is 0 Å². The molecule has 0 radical (unpaired) electrons. The van der Waals surface area contributed by atoms with Crippen molar-refractivity contribution in [2.24, 2.45) is 0 Å². The van der Waals surface area contributed by atoms with E-state index >= 15 is 0 Å². The van der Waals surface area contributed by atoms with Gasteiger partial charge in [-0.1, -0.05) is 6.92 Å². The van der Waals surface area contributed by atoms with Gasteiger partial charge < -0.3 is 9.84 Å². The number of aryl methyl sites for hydroxylation is 2. The Hall–Kier alpha value is -2.44. The SMILES string of the molecule is CCc1ncc(CN2CCOc3c(O)cc(-c4ccc(C)s4)cc3C2)cn1. The van der Waals surface area contributed by atoms with Crippen molar-refractivity contribution >= 4 is 11.3 Å². The summed E-state index contributed by atoms with van der Waals surface area (Å²) in [6.07, 6.45) is 4.65. The lowest BCUT2D eigenvalue weighted by Crippen LogP contribution is -2.25. The Kier molecular flexibility index (Phi) is 5.09. The molecule has 6 heteroatoms. The first-order valence-electron chi connectivity index (χ1n) is 9.20. The van der Waals surface area contributed by atoms with Gasteiger partial charge in [-0.25, -0.2) is 9.97 Å². The Bertz CT molecular complexity index is 937. The molecule has 2 aromatic heterocycles. The number of benzene rings is 1. The number of phenolic OH excluding ortho intramolecular Hbond substituents is 1. The zero-order valence-corrected chi connectivity index (χ0v) is 16.4. The fourth-order valence-electron chi connectivity index (χ4n) is 3.32. The number of hydrogen-bond donors (Lipinski definition) is 1. The molecule has 0 saturated heterocycles. The second-order valence-electron chi connectivity index (χ2n) is 6.81. The van der Waals surface area contributed by atoms with Gasteiger partial charge in [-0.2, -0.15) is 0 Å². The third-order valence-electron chi connectivity index (χ3n) is 4.70. The van der Waals surface area contributed by atoms with E-state index in [9.17, 15) is 5.11 Å². The van der Waals surface area contributed by atoms with Gasteiger partial charge in [0.25, 0.3) is 0 Å². The van der Waals surface area contributed by atoms with E-state index in [0.29, 0.717) is 12.4 Å². The van der Waals surface area contributed by atoms with Crippen LogP contribution in [0.25, 0.3) is 10.4 Å². The van der Waals surface area contributed by atoms with Crippen LogP contribution in [0, 0.1) is 6.92 Å². The van der Waals surface area contributed by atoms with Crippen LogP contribution in [0.3, 0.4) is 0 Å². The number of hydrogen-bond acceptors (Lipinski definition) is 6. The van der Waals surface area contributed by atoms with Crippen LogP contribution in [0.1, 0.15) is 28.8 Å². The molecule has 0 bridgehead atoms. The summed E-state index contributed by atoms with van der Waals surface area (Å²) < 4.78 is 5.86. The maximum atomic E-state index is 10.5. The highest BCUT2D eigenvalue weighted by Crippen LogP contribution is 2.39. The van der Waals surface area contributed by atoms with Gasteiger partial charge >= 0.3 is 0 Å². The summed E-state index contributed by atoms with van der Waals surface area (Å²) in [6, 6.07) is 8.14. The molecule has 1 N–H and O–H groups in total. The Labute approximate surface area is 163 Å². The van der Waals surface area contributed by atoms with E-state index in [1.54, 1.807) is 17.4 Å². The molecule has 5 nitrogen and oxygen atoms in total. The van der Waals surface area contributed by atoms with Gasteiger partial charge in [0.15, 0.2) is 11.5 Å². The van der Waals surface area contributed by atoms with Crippen molar-refractivity contribution in [3.05, 3.63) is 58.5 Å². The third-order valence-corrected chi connectivity index (χ3v) is 5.75. The van der Waals surface area contributed by atoms with Crippen LogP contribution in [0.2, 0.25) is 0 Å². The summed E-state index contributed by atoms with van der Waals surface area (Å²) >= 11 is 1.73. The second kappa shape index (κ2) is 7.66. The molecule has 4 rings (SSSR count). The first-order chi connectivity index (χ1) is 13.1. The molecule has 0 atom stereocenters. The molecule has 1 aromatic carbocycles. The number of fused-ring (bicyclic) bond motifs is 1. The summed E-state index contributed by atoms with van der Waals surface area (Å²) in [5.41, 5.74) is 3.13. The smallest absolute Gasteiger partial charge is 0.165 e. The number of aromatic hydroxyl groups is 1. The standard InChI is InChI=1S/C21H23N3O2S/c1-3-20-22-10-15(11-23-20)12-24-6-7-26-21-17(13-24)8-16(9-18(21)25)19-5-4-14(2)27-19/h4-5,8-11,25H,3,6-7,12-13H2,1-2H3. The van der Waals surface area contributed by atoms with E-state index in [1.165, 1.54) is 4.88 Å². The highest BCUT2D eigenvalue weighted by Gasteiger charge is 2.20. The number of phenols is 1. The summed E-state index contributed by atoms with van der Waals surface area (Å²) in [7, 11) is 0. The van der Waals surface area contributed by atoms with Crippen LogP contribution in [-0.2, 0) is 19.5 Å². The Morgan fingerprint density at radius 1 is 1.22 bits per heavy atom. The molecule has 3 heterocycles. The minimum atomic E-state index is 0.214. The summed E-state index contributed by atoms with van der Waals surface area (Å²) in [5.74, 6) is 1.68. The molecule has 140 valence electrons. The Morgan fingerprint density at radius 3 is 2.74 bits per heavy atom. The maximum absolute atomic E-state index is 10.5. The predicted octanol–water partition coefficient (Wildman–Crippen LogP) is 4.18. The monoisotopic (exact) mass is 381 g/mol. The average Bonchev–Trinajstić information content (AvgIpc) is 2.99. The molecule has 0 fully saturated rings. The van der Waals surface area contributed by atoms with Gasteiger partial charge in [-0.05, 0) is 36.8 Å². The van der Waals surface area contributed by atoms with Gasteiger partial charge in [-0.15, -0.1) is 11.3 Å². The van der Waals surface area contributed by atoms with E-state index in [1.807, 2.05) is 12.4 Å². The second-order valence-corrected chi connectivity index (χ2v) is 8.10. The number of thiophene rings is 1. The van der Waals surface area contributed by atoms with Crippen molar-refractivity contribution in [2.45, 2.75) is 33.4 Å². The number of ether oxygens (including phenoxy) is 1. The van der Waals surface area contributed by atoms with Gasteiger partial charge in [0, 0.05) is 59.3 Å². The van der Waals surface area contributed by atoms with Crippen LogP contribution in [0.15, 0.2) is 36.7 Å². The normalized spacial score (nSPS) is 14.4. The molecule has 0 aliphatic carbocycles. The highest BCUT2D eigenvalue weighted by atomic mass is 32.1. The lowest BCUT2D eigenvalue weighted by Gasteiger charge is -2.19. The van der Waals surface area contributed by atoms with E-state index in [4.69, 9.17) is 4.74 Å². The van der Waals surface area contributed by atoms with Gasteiger partial charge in [-0.3, -0.25) is 4.90 Å². The lowest BCUT2D eigenvalue weighted by molar-refractivity contribution is 0.217. The van der Waals surface area contributed by atoms with Crippen LogP contribution >= 0.6 is 11.3 Å². The zero-order valence-electron chi connectivity index (χ0n) is 15.6. The first kappa shape index (κ1) is 17.9. The zero-order chi connectivity index (χ0) is 18.8. The quantitative estimate of drug-likeness (QED) is 0.735. The van der Waals surface area contributed by atoms with Crippen molar-refractivity contribution in [1.82, 2.24) is 14.9 Å². The number of aromatic nitrogens is 2. The first-order valence-corrected chi connectivity index (χ1v) is 10.0. The molecule has 1 aliphatic rings. The van der Waals surface area contributed by atoms with Crippen LogP contribution in [-0.4, -0.2) is 33.1 Å². The Morgan fingerprint density at radius 2 is 2.04 bits per heavy atom. The lowest BCUT2D eigenvalue weighted by atomic mass is 10.1.